The molecule has 0 aromatic rings. The van der Waals surface area contributed by atoms with Crippen LogP contribution in [0.15, 0.2) is 0 Å². The Hall–Kier alpha value is -0.200. The van der Waals surface area contributed by atoms with Crippen LogP contribution in [-0.4, -0.2) is 51.6 Å². The van der Waals surface area contributed by atoms with Crippen molar-refractivity contribution in [2.75, 3.05) is 6.61 Å². The lowest BCUT2D eigenvalue weighted by atomic mass is 10.1. The third-order valence-electron chi connectivity index (χ3n) is 1.47. The predicted octanol–water partition coefficient (Wildman–Crippen LogP) is -2.58. The molecule has 1 heterocycles. The molecule has 0 amide bonds. The van der Waals surface area contributed by atoms with Crippen molar-refractivity contribution in [3.05, 3.63) is 0 Å². The highest BCUT2D eigenvalue weighted by molar-refractivity contribution is 4.81. The minimum absolute atomic E-state index is 0.153. The Balaban J connectivity index is 2.52. The number of hydrogen-bond donors (Lipinski definition) is 4. The van der Waals surface area contributed by atoms with E-state index in [9.17, 15) is 0 Å². The molecule has 0 spiro atoms. The van der Waals surface area contributed by atoms with Gasteiger partial charge < -0.3 is 25.2 Å². The van der Waals surface area contributed by atoms with Gasteiger partial charge >= 0.3 is 0 Å². The van der Waals surface area contributed by atoms with Gasteiger partial charge in [-0.3, -0.25) is 0 Å². The molecule has 60 valence electrons. The van der Waals surface area contributed by atoms with E-state index in [1.54, 1.807) is 0 Å². The molecule has 5 nitrogen and oxygen atoms in total. The maximum absolute atomic E-state index is 8.88. The molecule has 0 saturated carbocycles. The molecule has 1 unspecified atom stereocenters. The first-order chi connectivity index (χ1) is 4.63. The Bertz CT molecular complexity index is 103. The molecule has 0 aromatic heterocycles. The molecule has 10 heavy (non-hydrogen) atoms. The van der Waals surface area contributed by atoms with Crippen LogP contribution in [0, 0.1) is 0 Å². The molecule has 0 aromatic carbocycles. The van der Waals surface area contributed by atoms with Gasteiger partial charge in [0.05, 0.1) is 6.61 Å². The normalized spacial score (nSPS) is 49.2. The predicted molar refractivity (Wildman–Crippen MR) is 30.0 cm³/mol. The summed E-state index contributed by atoms with van der Waals surface area (Å²) in [7, 11) is 0. The zero-order valence-corrected chi connectivity index (χ0v) is 5.21. The molecule has 1 aliphatic heterocycles. The van der Waals surface area contributed by atoms with Crippen LogP contribution in [-0.2, 0) is 4.74 Å². The van der Waals surface area contributed by atoms with E-state index in [-0.39, 0.29) is 6.61 Å². The number of rotatable bonds is 0. The van der Waals surface area contributed by atoms with Crippen molar-refractivity contribution in [1.29, 1.82) is 0 Å². The fourth-order valence-corrected chi connectivity index (χ4v) is 0.791. The van der Waals surface area contributed by atoms with E-state index < -0.39 is 24.6 Å². The van der Waals surface area contributed by atoms with Gasteiger partial charge in [-0.25, -0.2) is 0 Å². The van der Waals surface area contributed by atoms with E-state index in [2.05, 4.69) is 4.74 Å². The number of hydrogen-bond acceptors (Lipinski definition) is 5. The lowest BCUT2D eigenvalue weighted by molar-refractivity contribution is -0.252. The molecule has 4 atom stereocenters. The molecular formula is C5H10O5. The average molecular weight is 150 g/mol. The molecule has 1 rings (SSSR count). The highest BCUT2D eigenvalue weighted by Crippen LogP contribution is 2.12. The number of ether oxygens (including phenoxy) is 1. The zero-order valence-electron chi connectivity index (χ0n) is 5.21. The summed E-state index contributed by atoms with van der Waals surface area (Å²) in [5.41, 5.74) is 0. The van der Waals surface area contributed by atoms with Crippen LogP contribution in [0.5, 0.6) is 0 Å². The van der Waals surface area contributed by atoms with Gasteiger partial charge in [0.15, 0.2) is 6.29 Å². The van der Waals surface area contributed by atoms with E-state index in [0.29, 0.717) is 0 Å². The van der Waals surface area contributed by atoms with E-state index in [4.69, 9.17) is 20.4 Å². The van der Waals surface area contributed by atoms with Gasteiger partial charge in [0.25, 0.3) is 0 Å². The van der Waals surface area contributed by atoms with Crippen molar-refractivity contribution in [2.24, 2.45) is 0 Å². The van der Waals surface area contributed by atoms with Crippen LogP contribution in [0.4, 0.5) is 0 Å². The molecule has 5 heteroatoms. The standard InChI is InChI=1S/C5H10O5/c6-2-1-10-5(9)4(8)3(2)7/h2-9H,1H2/t2-,3-,4?,5+/m1/s1. The molecule has 0 aliphatic carbocycles. The molecule has 1 fully saturated rings. The van der Waals surface area contributed by atoms with Gasteiger partial charge in [0.1, 0.15) is 18.3 Å². The number of aliphatic hydroxyl groups is 4. The molecule has 0 bridgehead atoms. The topological polar surface area (TPSA) is 90.2 Å². The first-order valence-electron chi connectivity index (χ1n) is 2.97. The zero-order chi connectivity index (χ0) is 7.72. The van der Waals surface area contributed by atoms with Crippen molar-refractivity contribution in [1.82, 2.24) is 0 Å². The summed E-state index contributed by atoms with van der Waals surface area (Å²) in [6.07, 6.45) is -5.23. The van der Waals surface area contributed by atoms with Crippen LogP contribution < -0.4 is 0 Å². The third kappa shape index (κ3) is 1.28. The maximum Gasteiger partial charge on any atom is 0.183 e. The SMILES string of the molecule is OC1[C@@H](O)OC[C@@H](O)[C@H]1O. The second-order valence-corrected chi connectivity index (χ2v) is 2.27. The van der Waals surface area contributed by atoms with Crippen molar-refractivity contribution in [3.63, 3.8) is 0 Å². The van der Waals surface area contributed by atoms with Crippen LogP contribution in [0.25, 0.3) is 0 Å². The summed E-state index contributed by atoms with van der Waals surface area (Å²) in [5, 5.41) is 35.3. The van der Waals surface area contributed by atoms with Crippen molar-refractivity contribution in [3.8, 4) is 0 Å². The molecule has 0 radical (unpaired) electrons. The minimum atomic E-state index is -1.41. The van der Waals surface area contributed by atoms with Crippen LogP contribution in [0.1, 0.15) is 0 Å². The summed E-state index contributed by atoms with van der Waals surface area (Å²) in [4.78, 5) is 0. The van der Waals surface area contributed by atoms with Gasteiger partial charge in [-0.05, 0) is 0 Å². The Kier molecular flexibility index (Phi) is 2.22. The smallest absolute Gasteiger partial charge is 0.183 e. The van der Waals surface area contributed by atoms with Gasteiger partial charge in [-0.2, -0.15) is 0 Å². The Labute approximate surface area is 57.5 Å². The minimum Gasteiger partial charge on any atom is -0.388 e. The van der Waals surface area contributed by atoms with Crippen LogP contribution in [0.2, 0.25) is 0 Å². The maximum atomic E-state index is 8.88. The Morgan fingerprint density at radius 3 is 2.10 bits per heavy atom. The first kappa shape index (κ1) is 7.90. The molecule has 4 N–H and O–H groups in total. The van der Waals surface area contributed by atoms with Crippen molar-refractivity contribution < 1.29 is 25.2 Å². The van der Waals surface area contributed by atoms with E-state index >= 15 is 0 Å². The second kappa shape index (κ2) is 2.81. The summed E-state index contributed by atoms with van der Waals surface area (Å²) >= 11 is 0. The Morgan fingerprint density at radius 1 is 1.00 bits per heavy atom. The Morgan fingerprint density at radius 2 is 1.60 bits per heavy atom. The summed E-state index contributed by atoms with van der Waals surface area (Å²) in [6, 6.07) is 0. The summed E-state index contributed by atoms with van der Waals surface area (Å²) < 4.78 is 4.47. The number of aliphatic hydroxyl groups excluding tert-OH is 4. The highest BCUT2D eigenvalue weighted by Gasteiger charge is 2.36. The van der Waals surface area contributed by atoms with Crippen LogP contribution in [0.3, 0.4) is 0 Å². The van der Waals surface area contributed by atoms with E-state index in [1.165, 1.54) is 0 Å². The van der Waals surface area contributed by atoms with E-state index in [1.807, 2.05) is 0 Å². The van der Waals surface area contributed by atoms with Gasteiger partial charge in [0, 0.05) is 0 Å². The largest absolute Gasteiger partial charge is 0.388 e. The monoisotopic (exact) mass is 150 g/mol. The summed E-state index contributed by atoms with van der Waals surface area (Å²) in [6.45, 7) is -0.153. The summed E-state index contributed by atoms with van der Waals surface area (Å²) in [5.74, 6) is 0. The lowest BCUT2D eigenvalue weighted by Gasteiger charge is -2.31. The van der Waals surface area contributed by atoms with Gasteiger partial charge in [-0.15, -0.1) is 0 Å². The fraction of sp³-hybridized carbons (Fsp3) is 1.00. The van der Waals surface area contributed by atoms with Crippen molar-refractivity contribution >= 4 is 0 Å². The first-order valence-corrected chi connectivity index (χ1v) is 2.97. The van der Waals surface area contributed by atoms with Gasteiger partial charge in [0.2, 0.25) is 0 Å². The lowest BCUT2D eigenvalue weighted by Crippen LogP contribution is -2.52. The average Bonchev–Trinajstić information content (AvgIpc) is 1.93. The van der Waals surface area contributed by atoms with Crippen molar-refractivity contribution in [2.45, 2.75) is 24.6 Å². The third-order valence-corrected chi connectivity index (χ3v) is 1.47. The molecular weight excluding hydrogens is 140 g/mol. The highest BCUT2D eigenvalue weighted by atomic mass is 16.6. The quantitative estimate of drug-likeness (QED) is 0.304. The van der Waals surface area contributed by atoms with Crippen LogP contribution >= 0.6 is 0 Å². The van der Waals surface area contributed by atoms with Gasteiger partial charge in [-0.1, -0.05) is 0 Å². The van der Waals surface area contributed by atoms with E-state index in [0.717, 1.165) is 0 Å². The molecule has 1 aliphatic rings. The fourth-order valence-electron chi connectivity index (χ4n) is 0.791. The second-order valence-electron chi connectivity index (χ2n) is 2.27. The molecule has 1 saturated heterocycles.